The van der Waals surface area contributed by atoms with Gasteiger partial charge in [0.25, 0.3) is 0 Å². The Morgan fingerprint density at radius 3 is 2.82 bits per heavy atom. The van der Waals surface area contributed by atoms with Crippen LogP contribution in [0.2, 0.25) is 0 Å². The van der Waals surface area contributed by atoms with Crippen LogP contribution >= 0.6 is 11.3 Å². The maximum Gasteiger partial charge on any atom is 0.233 e. The fraction of sp³-hybridized carbons (Fsp3) is 0.182. The molecule has 1 amide bonds. The molecule has 0 bridgehead atoms. The zero-order valence-corrected chi connectivity index (χ0v) is 12.0. The Hall–Kier alpha value is -3.13. The number of nitrogens with zero attached hydrogens (tertiary/aromatic N) is 9. The van der Waals surface area contributed by atoms with Gasteiger partial charge in [-0.15, -0.1) is 0 Å². The van der Waals surface area contributed by atoms with Gasteiger partial charge in [0.1, 0.15) is 23.2 Å². The monoisotopic (exact) mass is 315 g/mol. The highest BCUT2D eigenvalue weighted by molar-refractivity contribution is 7.19. The molecular formula is C11H9N9OS. The lowest BCUT2D eigenvalue weighted by Crippen LogP contribution is -2.32. The molecule has 0 atom stereocenters. The van der Waals surface area contributed by atoms with E-state index in [4.69, 9.17) is 11.1 Å². The second kappa shape index (κ2) is 7.60. The van der Waals surface area contributed by atoms with Gasteiger partial charge < -0.3 is 0 Å². The first-order valence-electron chi connectivity index (χ1n) is 5.94. The molecule has 0 aliphatic carbocycles. The number of aromatic nitrogens is 2. The van der Waals surface area contributed by atoms with Gasteiger partial charge >= 0.3 is 0 Å². The van der Waals surface area contributed by atoms with Gasteiger partial charge in [0.2, 0.25) is 5.91 Å². The number of anilines is 1. The average molecular weight is 315 g/mol. The van der Waals surface area contributed by atoms with Gasteiger partial charge in [0, 0.05) is 27.8 Å². The zero-order valence-electron chi connectivity index (χ0n) is 11.1. The van der Waals surface area contributed by atoms with Crippen molar-refractivity contribution in [2.24, 2.45) is 10.2 Å². The van der Waals surface area contributed by atoms with E-state index in [1.165, 1.54) is 22.4 Å². The molecule has 2 aromatic rings. The minimum absolute atomic E-state index is 0.203. The van der Waals surface area contributed by atoms with Crippen LogP contribution in [0.3, 0.4) is 0 Å². The van der Waals surface area contributed by atoms with Crippen LogP contribution in [0.1, 0.15) is 0 Å². The molecule has 22 heavy (non-hydrogen) atoms. The van der Waals surface area contributed by atoms with Gasteiger partial charge in [-0.1, -0.05) is 21.6 Å². The van der Waals surface area contributed by atoms with Crippen molar-refractivity contribution in [2.45, 2.75) is 0 Å². The molecule has 110 valence electrons. The van der Waals surface area contributed by atoms with Crippen LogP contribution < -0.4 is 4.90 Å². The van der Waals surface area contributed by atoms with Crippen molar-refractivity contribution >= 4 is 22.2 Å². The number of thiazole rings is 1. The van der Waals surface area contributed by atoms with Gasteiger partial charge in [0.05, 0.1) is 6.20 Å². The summed E-state index contributed by atoms with van der Waals surface area (Å²) in [6, 6.07) is 3.62. The molecule has 10 nitrogen and oxygen atoms in total. The largest absolute Gasteiger partial charge is 0.296 e. The third-order valence-corrected chi connectivity index (χ3v) is 3.58. The van der Waals surface area contributed by atoms with E-state index in [0.717, 1.165) is 5.56 Å². The summed E-state index contributed by atoms with van der Waals surface area (Å²) >= 11 is 1.24. The van der Waals surface area contributed by atoms with Crippen LogP contribution in [0.4, 0.5) is 5.00 Å². The number of rotatable bonds is 6. The molecule has 0 aromatic carbocycles. The molecule has 0 unspecified atom stereocenters. The quantitative estimate of drug-likeness (QED) is 0.458. The summed E-state index contributed by atoms with van der Waals surface area (Å²) in [5.41, 5.74) is 17.5. The minimum atomic E-state index is -0.480. The average Bonchev–Trinajstić information content (AvgIpc) is 3.04. The highest BCUT2D eigenvalue weighted by Crippen LogP contribution is 2.30. The fourth-order valence-electron chi connectivity index (χ4n) is 1.55. The molecule has 0 saturated heterocycles. The first kappa shape index (κ1) is 15.3. The lowest BCUT2D eigenvalue weighted by Gasteiger charge is -2.16. The van der Waals surface area contributed by atoms with E-state index in [2.05, 4.69) is 30.0 Å². The van der Waals surface area contributed by atoms with Crippen LogP contribution in [0.5, 0.6) is 0 Å². The minimum Gasteiger partial charge on any atom is -0.296 e. The number of azide groups is 2. The SMILES string of the molecule is [N-]=[N+]=NCC(=O)N(CN=[N+]=[N-])c1cnc(-c2cccnc2)s1. The number of hydrogen-bond donors (Lipinski definition) is 0. The van der Waals surface area contributed by atoms with E-state index >= 15 is 0 Å². The topological polar surface area (TPSA) is 144 Å². The molecule has 2 aromatic heterocycles. The van der Waals surface area contributed by atoms with Crippen LogP contribution in [-0.4, -0.2) is 29.1 Å². The molecule has 2 rings (SSSR count). The van der Waals surface area contributed by atoms with Crippen molar-refractivity contribution in [3.05, 3.63) is 51.6 Å². The lowest BCUT2D eigenvalue weighted by atomic mass is 10.3. The predicted octanol–water partition coefficient (Wildman–Crippen LogP) is 3.12. The Balaban J connectivity index is 2.28. The van der Waals surface area contributed by atoms with Gasteiger partial charge in [0.15, 0.2) is 0 Å². The molecule has 0 aliphatic heterocycles. The third-order valence-electron chi connectivity index (χ3n) is 2.51. The highest BCUT2D eigenvalue weighted by Gasteiger charge is 2.17. The molecule has 0 radical (unpaired) electrons. The molecule has 0 fully saturated rings. The standard InChI is InChI=1S/C11H9N9OS/c12-18-16-5-9(21)20(7-17-19-13)10-6-15-11(22-10)8-2-1-3-14-4-8/h1-4,6H,5,7H2. The highest BCUT2D eigenvalue weighted by atomic mass is 32.1. The van der Waals surface area contributed by atoms with E-state index in [9.17, 15) is 4.79 Å². The van der Waals surface area contributed by atoms with Crippen molar-refractivity contribution in [1.82, 2.24) is 9.97 Å². The first-order chi connectivity index (χ1) is 10.8. The van der Waals surface area contributed by atoms with Gasteiger partial charge in [-0.05, 0) is 23.2 Å². The van der Waals surface area contributed by atoms with Gasteiger partial charge in [-0.25, -0.2) is 4.98 Å². The Bertz CT molecular complexity index is 746. The summed E-state index contributed by atoms with van der Waals surface area (Å²) in [5, 5.41) is 7.76. The summed E-state index contributed by atoms with van der Waals surface area (Å²) in [6.07, 6.45) is 4.80. The van der Waals surface area contributed by atoms with Crippen LogP contribution in [-0.2, 0) is 4.79 Å². The maximum atomic E-state index is 12.0. The summed E-state index contributed by atoms with van der Waals surface area (Å²) in [6.45, 7) is -0.567. The molecule has 0 N–H and O–H groups in total. The summed E-state index contributed by atoms with van der Waals surface area (Å²) in [5.74, 6) is -0.480. The Morgan fingerprint density at radius 1 is 1.32 bits per heavy atom. The number of carbonyl (C=O) groups is 1. The van der Waals surface area contributed by atoms with E-state index in [1.807, 2.05) is 6.07 Å². The number of pyridine rings is 1. The summed E-state index contributed by atoms with van der Waals surface area (Å²) < 4.78 is 0. The van der Waals surface area contributed by atoms with Gasteiger partial charge in [-0.3, -0.25) is 14.7 Å². The Morgan fingerprint density at radius 2 is 2.14 bits per heavy atom. The molecule has 11 heteroatoms. The normalized spacial score (nSPS) is 9.45. The molecule has 0 saturated carbocycles. The first-order valence-corrected chi connectivity index (χ1v) is 6.76. The van der Waals surface area contributed by atoms with E-state index < -0.39 is 5.91 Å². The second-order valence-corrected chi connectivity index (χ2v) is 4.84. The number of amides is 1. The fourth-order valence-corrected chi connectivity index (χ4v) is 2.47. The Labute approximate surface area is 128 Å². The number of hydrogen-bond acceptors (Lipinski definition) is 6. The molecule has 0 aliphatic rings. The van der Waals surface area contributed by atoms with Crippen molar-refractivity contribution in [3.63, 3.8) is 0 Å². The summed E-state index contributed by atoms with van der Waals surface area (Å²) in [7, 11) is 0. The smallest absolute Gasteiger partial charge is 0.233 e. The Kier molecular flexibility index (Phi) is 5.27. The maximum absolute atomic E-state index is 12.0. The second-order valence-electron chi connectivity index (χ2n) is 3.83. The lowest BCUT2D eigenvalue weighted by molar-refractivity contribution is -0.117. The summed E-state index contributed by atoms with van der Waals surface area (Å²) in [4.78, 5) is 26.6. The van der Waals surface area contributed by atoms with Crippen molar-refractivity contribution in [1.29, 1.82) is 0 Å². The van der Waals surface area contributed by atoms with E-state index in [-0.39, 0.29) is 13.2 Å². The van der Waals surface area contributed by atoms with E-state index in [0.29, 0.717) is 10.0 Å². The van der Waals surface area contributed by atoms with E-state index in [1.54, 1.807) is 18.5 Å². The van der Waals surface area contributed by atoms with Crippen LogP contribution in [0, 0.1) is 0 Å². The molecule has 0 spiro atoms. The zero-order chi connectivity index (χ0) is 15.8. The van der Waals surface area contributed by atoms with Crippen molar-refractivity contribution in [3.8, 4) is 10.6 Å². The predicted molar refractivity (Wildman–Crippen MR) is 80.9 cm³/mol. The van der Waals surface area contributed by atoms with Crippen LogP contribution in [0.25, 0.3) is 31.5 Å². The van der Waals surface area contributed by atoms with Crippen LogP contribution in [0.15, 0.2) is 41.0 Å². The van der Waals surface area contributed by atoms with Crippen molar-refractivity contribution < 1.29 is 4.79 Å². The van der Waals surface area contributed by atoms with Crippen molar-refractivity contribution in [2.75, 3.05) is 18.1 Å². The number of carbonyl (C=O) groups excluding carboxylic acids is 1. The molecular weight excluding hydrogens is 306 g/mol. The molecule has 2 heterocycles. The van der Waals surface area contributed by atoms with Gasteiger partial charge in [-0.2, -0.15) is 0 Å². The third kappa shape index (κ3) is 3.70.